The van der Waals surface area contributed by atoms with Crippen molar-refractivity contribution < 1.29 is 36.2 Å². The minimum Gasteiger partial charge on any atom is -0.493 e. The van der Waals surface area contributed by atoms with Crippen LogP contribution >= 0.6 is 0 Å². The van der Waals surface area contributed by atoms with E-state index in [0.29, 0.717) is 12.1 Å². The number of rotatable bonds is 8. The molecule has 2 rings (SSSR count). The van der Waals surface area contributed by atoms with Gasteiger partial charge in [-0.2, -0.15) is 22.0 Å². The first-order valence-electron chi connectivity index (χ1n) is 8.36. The molecule has 0 aromatic heterocycles. The maximum absolute atomic E-state index is 12.6. The number of halogens is 5. The lowest BCUT2D eigenvalue weighted by atomic mass is 10.2. The average molecular weight is 418 g/mol. The number of hydrogen-bond donors (Lipinski definition) is 1. The Morgan fingerprint density at radius 1 is 1.10 bits per heavy atom. The number of likely N-dealkylation sites (N-methyl/N-ethyl adjacent to an activating group) is 1. The molecule has 0 aliphatic rings. The second-order valence-corrected chi connectivity index (χ2v) is 6.16. The summed E-state index contributed by atoms with van der Waals surface area (Å²) in [6, 6.07) is 8.53. The third-order valence-corrected chi connectivity index (χ3v) is 3.81. The van der Waals surface area contributed by atoms with Crippen LogP contribution in [0.4, 0.5) is 27.6 Å². The largest absolute Gasteiger partial charge is 0.493 e. The van der Waals surface area contributed by atoms with Gasteiger partial charge < -0.3 is 14.8 Å². The Morgan fingerprint density at radius 3 is 2.31 bits per heavy atom. The highest BCUT2D eigenvalue weighted by Crippen LogP contribution is 2.30. The molecular weight excluding hydrogens is 399 g/mol. The minimum atomic E-state index is -4.44. The van der Waals surface area contributed by atoms with Gasteiger partial charge in [0, 0.05) is 12.2 Å². The summed E-state index contributed by atoms with van der Waals surface area (Å²) in [5.74, 6) is -0.392. The highest BCUT2D eigenvalue weighted by Gasteiger charge is 2.30. The van der Waals surface area contributed by atoms with Gasteiger partial charge in [0.05, 0.1) is 19.2 Å². The van der Waals surface area contributed by atoms with Crippen molar-refractivity contribution in [3.63, 3.8) is 0 Å². The second-order valence-electron chi connectivity index (χ2n) is 6.16. The maximum atomic E-state index is 12.6. The van der Waals surface area contributed by atoms with E-state index in [9.17, 15) is 26.7 Å². The molecule has 1 amide bonds. The number of anilines is 1. The van der Waals surface area contributed by atoms with Crippen molar-refractivity contribution >= 4 is 11.6 Å². The summed E-state index contributed by atoms with van der Waals surface area (Å²) in [6.45, 7) is -2.73. The molecule has 0 fully saturated rings. The molecule has 0 radical (unpaired) electrons. The van der Waals surface area contributed by atoms with E-state index in [-0.39, 0.29) is 23.7 Å². The molecule has 0 atom stereocenters. The van der Waals surface area contributed by atoms with E-state index >= 15 is 0 Å². The molecule has 0 bridgehead atoms. The molecule has 0 aliphatic carbocycles. The van der Waals surface area contributed by atoms with Crippen molar-refractivity contribution in [3.8, 4) is 11.5 Å². The Balaban J connectivity index is 1.93. The van der Waals surface area contributed by atoms with Gasteiger partial charge in [-0.15, -0.1) is 0 Å². The third kappa shape index (κ3) is 6.90. The van der Waals surface area contributed by atoms with E-state index < -0.39 is 24.3 Å². The number of ether oxygens (including phenoxy) is 2. The van der Waals surface area contributed by atoms with E-state index in [4.69, 9.17) is 4.74 Å². The van der Waals surface area contributed by atoms with Crippen molar-refractivity contribution in [1.29, 1.82) is 0 Å². The van der Waals surface area contributed by atoms with Crippen LogP contribution in [0.5, 0.6) is 11.5 Å². The third-order valence-electron chi connectivity index (χ3n) is 3.81. The normalized spacial score (nSPS) is 11.6. The molecule has 0 aliphatic heterocycles. The van der Waals surface area contributed by atoms with Crippen LogP contribution in [0.1, 0.15) is 11.1 Å². The second kappa shape index (κ2) is 9.55. The zero-order valence-corrected chi connectivity index (χ0v) is 15.6. The molecule has 0 unspecified atom stereocenters. The number of benzene rings is 2. The summed E-state index contributed by atoms with van der Waals surface area (Å²) in [7, 11) is 2.97. The number of amides is 1. The monoisotopic (exact) mass is 418 g/mol. The van der Waals surface area contributed by atoms with Crippen molar-refractivity contribution in [2.24, 2.45) is 0 Å². The Bertz CT molecular complexity index is 826. The van der Waals surface area contributed by atoms with Crippen LogP contribution in [0, 0.1) is 0 Å². The first-order chi connectivity index (χ1) is 13.6. The van der Waals surface area contributed by atoms with Crippen LogP contribution in [0.2, 0.25) is 0 Å². The molecule has 10 heteroatoms. The maximum Gasteiger partial charge on any atom is 0.416 e. The summed E-state index contributed by atoms with van der Waals surface area (Å²) < 4.78 is 71.8. The van der Waals surface area contributed by atoms with E-state index in [1.165, 1.54) is 31.4 Å². The van der Waals surface area contributed by atoms with Crippen molar-refractivity contribution in [2.75, 3.05) is 26.0 Å². The fourth-order valence-corrected chi connectivity index (χ4v) is 2.56. The Kier molecular flexibility index (Phi) is 7.38. The molecule has 29 heavy (non-hydrogen) atoms. The van der Waals surface area contributed by atoms with Gasteiger partial charge in [0.15, 0.2) is 11.5 Å². The number of hydrogen-bond acceptors (Lipinski definition) is 4. The first kappa shape index (κ1) is 22.4. The van der Waals surface area contributed by atoms with Gasteiger partial charge in [-0.1, -0.05) is 6.07 Å². The lowest BCUT2D eigenvalue weighted by Gasteiger charge is -2.18. The molecule has 1 N–H and O–H groups in total. The van der Waals surface area contributed by atoms with Gasteiger partial charge in [-0.05, 0) is 49.0 Å². The van der Waals surface area contributed by atoms with Gasteiger partial charge in [-0.25, -0.2) is 0 Å². The van der Waals surface area contributed by atoms with Crippen molar-refractivity contribution in [3.05, 3.63) is 53.6 Å². The highest BCUT2D eigenvalue weighted by atomic mass is 19.4. The minimum absolute atomic E-state index is 0.0430. The standard InChI is InChI=1S/C19H19F5N2O3/c1-26(10-12-3-8-15(29-18(20)21)16(9-12)28-2)11-17(27)25-14-6-4-13(5-7-14)19(22,23)24/h3-9,18H,10-11H2,1-2H3,(H,25,27). The Labute approximate surface area is 164 Å². The van der Waals surface area contributed by atoms with Crippen LogP contribution in [0.15, 0.2) is 42.5 Å². The van der Waals surface area contributed by atoms with Gasteiger partial charge in [0.1, 0.15) is 0 Å². The highest BCUT2D eigenvalue weighted by molar-refractivity contribution is 5.92. The number of carbonyl (C=O) groups is 1. The zero-order valence-electron chi connectivity index (χ0n) is 15.6. The summed E-state index contributed by atoms with van der Waals surface area (Å²) in [5, 5.41) is 2.51. The van der Waals surface area contributed by atoms with Crippen LogP contribution < -0.4 is 14.8 Å². The lowest BCUT2D eigenvalue weighted by Crippen LogP contribution is -2.29. The molecule has 0 spiro atoms. The first-order valence-corrected chi connectivity index (χ1v) is 8.36. The molecule has 0 heterocycles. The average Bonchev–Trinajstić information content (AvgIpc) is 2.62. The van der Waals surface area contributed by atoms with E-state index in [1.54, 1.807) is 18.0 Å². The molecule has 5 nitrogen and oxygen atoms in total. The summed E-state index contributed by atoms with van der Waals surface area (Å²) in [4.78, 5) is 13.7. The fourth-order valence-electron chi connectivity index (χ4n) is 2.56. The topological polar surface area (TPSA) is 50.8 Å². The van der Waals surface area contributed by atoms with Crippen LogP contribution in [0.25, 0.3) is 0 Å². The predicted molar refractivity (Wildman–Crippen MR) is 96.0 cm³/mol. The Hall–Kier alpha value is -2.88. The molecule has 0 saturated carbocycles. The van der Waals surface area contributed by atoms with E-state index in [2.05, 4.69) is 10.1 Å². The number of methoxy groups -OCH3 is 1. The fraction of sp³-hybridized carbons (Fsp3) is 0.316. The van der Waals surface area contributed by atoms with Crippen LogP contribution in [-0.2, 0) is 17.5 Å². The molecule has 2 aromatic carbocycles. The number of nitrogens with zero attached hydrogens (tertiary/aromatic N) is 1. The van der Waals surface area contributed by atoms with Crippen molar-refractivity contribution in [1.82, 2.24) is 4.90 Å². The summed E-state index contributed by atoms with van der Waals surface area (Å²) in [6.07, 6.45) is -4.44. The van der Waals surface area contributed by atoms with E-state index in [0.717, 1.165) is 12.1 Å². The van der Waals surface area contributed by atoms with Gasteiger partial charge in [0.25, 0.3) is 0 Å². The van der Waals surface area contributed by atoms with Gasteiger partial charge in [-0.3, -0.25) is 9.69 Å². The molecule has 0 saturated heterocycles. The quantitative estimate of drug-likeness (QED) is 0.647. The molecule has 2 aromatic rings. The predicted octanol–water partition coefficient (Wildman–Crippen LogP) is 4.39. The summed E-state index contributed by atoms with van der Waals surface area (Å²) in [5.41, 5.74) is 0.126. The van der Waals surface area contributed by atoms with Crippen LogP contribution in [0.3, 0.4) is 0 Å². The number of alkyl halides is 5. The lowest BCUT2D eigenvalue weighted by molar-refractivity contribution is -0.137. The van der Waals surface area contributed by atoms with E-state index in [1.807, 2.05) is 0 Å². The van der Waals surface area contributed by atoms with Crippen molar-refractivity contribution in [2.45, 2.75) is 19.3 Å². The van der Waals surface area contributed by atoms with Gasteiger partial charge in [0.2, 0.25) is 5.91 Å². The molecular formula is C19H19F5N2O3. The molecule has 158 valence electrons. The summed E-state index contributed by atoms with van der Waals surface area (Å²) >= 11 is 0. The Morgan fingerprint density at radius 2 is 1.76 bits per heavy atom. The zero-order chi connectivity index (χ0) is 21.6. The number of nitrogens with one attached hydrogen (secondary N) is 1. The van der Waals surface area contributed by atoms with Crippen LogP contribution in [-0.4, -0.2) is 38.1 Å². The SMILES string of the molecule is COc1cc(CN(C)CC(=O)Nc2ccc(C(F)(F)F)cc2)ccc1OC(F)F. The van der Waals surface area contributed by atoms with Gasteiger partial charge >= 0.3 is 12.8 Å². The number of carbonyl (C=O) groups excluding carboxylic acids is 1. The smallest absolute Gasteiger partial charge is 0.416 e.